The Morgan fingerprint density at radius 1 is 0.458 bits per heavy atom. The first-order valence-corrected chi connectivity index (χ1v) is 16.3. The zero-order chi connectivity index (χ0) is 32.2. The smallest absolute Gasteiger partial charge is 0.245 e. The molecule has 0 spiro atoms. The van der Waals surface area contributed by atoms with Gasteiger partial charge in [0.2, 0.25) is 5.79 Å². The van der Waals surface area contributed by atoms with Gasteiger partial charge in [0.05, 0.1) is 22.4 Å². The van der Waals surface area contributed by atoms with E-state index in [1.54, 1.807) is 0 Å². The molecule has 0 fully saturated rings. The van der Waals surface area contributed by atoms with Crippen LogP contribution in [0, 0.1) is 0 Å². The van der Waals surface area contributed by atoms with Gasteiger partial charge in [0.15, 0.2) is 0 Å². The van der Waals surface area contributed by atoms with E-state index in [1.165, 1.54) is 21.8 Å². The Kier molecular flexibility index (Phi) is 6.44. The van der Waals surface area contributed by atoms with E-state index in [1.807, 2.05) is 26.0 Å². The first-order valence-electron chi connectivity index (χ1n) is 16.3. The highest BCUT2D eigenvalue weighted by molar-refractivity contribution is 6.09. The minimum absolute atomic E-state index is 0.773. The van der Waals surface area contributed by atoms with Gasteiger partial charge >= 0.3 is 0 Å². The number of benzene rings is 6. The molecule has 9 rings (SSSR count). The van der Waals surface area contributed by atoms with Crippen LogP contribution in [0.25, 0.3) is 72.3 Å². The van der Waals surface area contributed by atoms with Crippen LogP contribution in [0.15, 0.2) is 158 Å². The lowest BCUT2D eigenvalue weighted by Gasteiger charge is -2.26. The van der Waals surface area contributed by atoms with Gasteiger partial charge in [-0.25, -0.2) is 4.98 Å². The van der Waals surface area contributed by atoms with E-state index in [9.17, 15) is 0 Å². The summed E-state index contributed by atoms with van der Waals surface area (Å²) in [4.78, 5) is 5.08. The van der Waals surface area contributed by atoms with Crippen LogP contribution in [-0.2, 0) is 0 Å². The molecule has 4 nitrogen and oxygen atoms in total. The second-order valence-corrected chi connectivity index (χ2v) is 12.7. The van der Waals surface area contributed by atoms with E-state index in [2.05, 4.69) is 150 Å². The molecule has 0 radical (unpaired) electrons. The van der Waals surface area contributed by atoms with E-state index < -0.39 is 5.79 Å². The topological polar surface area (TPSA) is 36.3 Å². The molecule has 1 aliphatic rings. The third-order valence-corrected chi connectivity index (χ3v) is 9.08. The highest BCUT2D eigenvalue weighted by atomic mass is 16.7. The summed E-state index contributed by atoms with van der Waals surface area (Å²) in [5.41, 5.74) is 11.5. The molecule has 0 aliphatic carbocycles. The van der Waals surface area contributed by atoms with Gasteiger partial charge < -0.3 is 14.0 Å². The second kappa shape index (κ2) is 11.0. The van der Waals surface area contributed by atoms with Crippen molar-refractivity contribution >= 4 is 21.8 Å². The lowest BCUT2D eigenvalue weighted by atomic mass is 9.96. The Hall–Kier alpha value is -6.13. The normalized spacial score (nSPS) is 13.3. The molecule has 3 heterocycles. The van der Waals surface area contributed by atoms with E-state index in [4.69, 9.17) is 14.5 Å². The summed E-state index contributed by atoms with van der Waals surface area (Å²) in [6.07, 6.45) is 0. The quantitative estimate of drug-likeness (QED) is 0.196. The molecule has 230 valence electrons. The molecule has 0 unspecified atom stereocenters. The molecule has 0 amide bonds. The molecule has 0 atom stereocenters. The van der Waals surface area contributed by atoms with Crippen molar-refractivity contribution in [1.29, 1.82) is 0 Å². The predicted octanol–water partition coefficient (Wildman–Crippen LogP) is 11.4. The maximum absolute atomic E-state index is 6.65. The van der Waals surface area contributed by atoms with Gasteiger partial charge in [0, 0.05) is 52.6 Å². The van der Waals surface area contributed by atoms with Gasteiger partial charge in [-0.3, -0.25) is 0 Å². The molecule has 4 heteroatoms. The largest absolute Gasteiger partial charge is 0.452 e. The Morgan fingerprint density at radius 3 is 1.65 bits per heavy atom. The Bertz CT molecular complexity index is 2370. The van der Waals surface area contributed by atoms with Crippen molar-refractivity contribution < 1.29 is 9.47 Å². The van der Waals surface area contributed by atoms with E-state index >= 15 is 0 Å². The minimum atomic E-state index is -0.879. The minimum Gasteiger partial charge on any atom is -0.452 e. The molecule has 0 N–H and O–H groups in total. The summed E-state index contributed by atoms with van der Waals surface area (Å²) < 4.78 is 15.5. The van der Waals surface area contributed by atoms with Crippen molar-refractivity contribution in [3.05, 3.63) is 158 Å². The summed E-state index contributed by atoms with van der Waals surface area (Å²) in [5.74, 6) is 0.683. The van der Waals surface area contributed by atoms with Crippen LogP contribution >= 0.6 is 0 Å². The first-order chi connectivity index (χ1) is 23.5. The fourth-order valence-corrected chi connectivity index (χ4v) is 6.93. The van der Waals surface area contributed by atoms with Crippen LogP contribution in [0.1, 0.15) is 13.8 Å². The summed E-state index contributed by atoms with van der Waals surface area (Å²) in [6.45, 7) is 3.93. The lowest BCUT2D eigenvalue weighted by Crippen LogP contribution is -2.34. The van der Waals surface area contributed by atoms with Crippen LogP contribution in [0.3, 0.4) is 0 Å². The molecule has 2 aromatic heterocycles. The number of nitrogens with zero attached hydrogens (tertiary/aromatic N) is 2. The van der Waals surface area contributed by atoms with Gasteiger partial charge in [-0.05, 0) is 65.7 Å². The monoisotopic (exact) mass is 620 g/mol. The molecule has 0 saturated heterocycles. The predicted molar refractivity (Wildman–Crippen MR) is 196 cm³/mol. The molecule has 0 saturated carbocycles. The Morgan fingerprint density at radius 2 is 1.02 bits per heavy atom. The van der Waals surface area contributed by atoms with E-state index in [0.717, 1.165) is 62.0 Å². The average Bonchev–Trinajstić information content (AvgIpc) is 3.40. The molecule has 1 aliphatic heterocycles. The molecular weight excluding hydrogens is 588 g/mol. The molecular formula is C44H32N2O2. The van der Waals surface area contributed by atoms with Crippen LogP contribution in [-0.4, -0.2) is 15.3 Å². The number of aromatic nitrogens is 2. The zero-order valence-electron chi connectivity index (χ0n) is 26.7. The first kappa shape index (κ1) is 28.1. The fraction of sp³-hybridized carbons (Fsp3) is 0.0682. The Labute approximate surface area is 279 Å². The average molecular weight is 621 g/mol. The third kappa shape index (κ3) is 4.81. The van der Waals surface area contributed by atoms with Gasteiger partial charge in [-0.15, -0.1) is 0 Å². The summed E-state index contributed by atoms with van der Waals surface area (Å²) in [6, 6.07) is 55.1. The van der Waals surface area contributed by atoms with Crippen LogP contribution in [0.5, 0.6) is 11.5 Å². The van der Waals surface area contributed by atoms with Crippen molar-refractivity contribution in [3.8, 4) is 62.0 Å². The highest BCUT2D eigenvalue weighted by Crippen LogP contribution is 2.46. The summed E-state index contributed by atoms with van der Waals surface area (Å²) in [7, 11) is 0. The molecule has 8 aromatic rings. The zero-order valence-corrected chi connectivity index (χ0v) is 26.7. The van der Waals surface area contributed by atoms with Gasteiger partial charge in [0.25, 0.3) is 0 Å². The van der Waals surface area contributed by atoms with Crippen LogP contribution in [0.4, 0.5) is 0 Å². The number of para-hydroxylation sites is 2. The standard InChI is InChI=1S/C44H32N2O2/c1-44(2)47-42-24-22-33(46-40-19-11-9-17-34(40)35-18-10-12-20-41(35)46)28-37(42)36-23-21-31(27-43(36)48-44)32-25-38(29-13-5-3-6-14-29)45-39(26-32)30-15-7-4-8-16-30/h3-28H,1-2H3. The number of pyridine rings is 1. The number of hydrogen-bond acceptors (Lipinski definition) is 3. The number of fused-ring (bicyclic) bond motifs is 6. The molecule has 48 heavy (non-hydrogen) atoms. The van der Waals surface area contributed by atoms with Gasteiger partial charge in [0.1, 0.15) is 11.5 Å². The van der Waals surface area contributed by atoms with Crippen LogP contribution < -0.4 is 9.47 Å². The second-order valence-electron chi connectivity index (χ2n) is 12.7. The number of ether oxygens (including phenoxy) is 2. The van der Waals surface area contributed by atoms with Gasteiger partial charge in [-0.1, -0.05) is 103 Å². The Balaban J connectivity index is 1.21. The maximum Gasteiger partial charge on any atom is 0.245 e. The SMILES string of the molecule is CC1(C)Oc2cc(-c3cc(-c4ccccc4)nc(-c4ccccc4)c3)ccc2-c2cc(-n3c4ccccc4c4ccccc43)ccc2O1. The maximum atomic E-state index is 6.65. The van der Waals surface area contributed by atoms with Crippen molar-refractivity contribution in [3.63, 3.8) is 0 Å². The fourth-order valence-electron chi connectivity index (χ4n) is 6.93. The highest BCUT2D eigenvalue weighted by Gasteiger charge is 2.30. The van der Waals surface area contributed by atoms with Crippen molar-refractivity contribution in [1.82, 2.24) is 9.55 Å². The summed E-state index contributed by atoms with van der Waals surface area (Å²) >= 11 is 0. The number of rotatable bonds is 4. The molecule has 6 aromatic carbocycles. The number of hydrogen-bond donors (Lipinski definition) is 0. The molecule has 0 bridgehead atoms. The van der Waals surface area contributed by atoms with Crippen LogP contribution in [0.2, 0.25) is 0 Å². The third-order valence-electron chi connectivity index (χ3n) is 9.08. The van der Waals surface area contributed by atoms with Crippen molar-refractivity contribution in [2.75, 3.05) is 0 Å². The van der Waals surface area contributed by atoms with Gasteiger partial charge in [-0.2, -0.15) is 0 Å². The van der Waals surface area contributed by atoms with E-state index in [-0.39, 0.29) is 0 Å². The summed E-state index contributed by atoms with van der Waals surface area (Å²) in [5, 5.41) is 2.46. The van der Waals surface area contributed by atoms with Crippen molar-refractivity contribution in [2.24, 2.45) is 0 Å². The van der Waals surface area contributed by atoms with E-state index in [0.29, 0.717) is 0 Å². The lowest BCUT2D eigenvalue weighted by molar-refractivity contribution is -0.0778. The van der Waals surface area contributed by atoms with Crippen molar-refractivity contribution in [2.45, 2.75) is 19.6 Å².